The van der Waals surface area contributed by atoms with E-state index >= 15 is 0 Å². The average Bonchev–Trinajstić information content (AvgIpc) is 3.49. The number of benzene rings is 1. The molecular weight excluding hydrogens is 428 g/mol. The fraction of sp³-hybridized carbons (Fsp3) is 0.333. The molecule has 0 saturated heterocycles. The standard InChI is InChI=1S/C24H28N2O5S/c1-4-12-29-18-9-8-17(15-20(18)30-13-5-2)16(3)25-24(28)21-10-11-22(32-21)26-23(27)19-7-6-14-31-19/h6-11,14-16H,4-5,12-13H2,1-3H3,(H,25,28)(H,26,27). The summed E-state index contributed by atoms with van der Waals surface area (Å²) in [5.74, 6) is 1.02. The number of carbonyl (C=O) groups excluding carboxylic acids is 2. The fourth-order valence-electron chi connectivity index (χ4n) is 2.91. The van der Waals surface area contributed by atoms with Crippen molar-refractivity contribution in [3.63, 3.8) is 0 Å². The summed E-state index contributed by atoms with van der Waals surface area (Å²) < 4.78 is 16.7. The number of amides is 2. The fourth-order valence-corrected chi connectivity index (χ4v) is 3.71. The maximum atomic E-state index is 12.7. The van der Waals surface area contributed by atoms with Crippen molar-refractivity contribution >= 4 is 28.2 Å². The number of carbonyl (C=O) groups is 2. The predicted octanol–water partition coefficient (Wildman–Crippen LogP) is 5.66. The number of hydrogen-bond donors (Lipinski definition) is 2. The highest BCUT2D eigenvalue weighted by Gasteiger charge is 2.17. The van der Waals surface area contributed by atoms with Gasteiger partial charge in [0.2, 0.25) is 0 Å². The molecule has 8 heteroatoms. The summed E-state index contributed by atoms with van der Waals surface area (Å²) in [6.07, 6.45) is 3.23. The minimum absolute atomic E-state index is 0.213. The van der Waals surface area contributed by atoms with Gasteiger partial charge in [0.05, 0.1) is 35.4 Å². The molecule has 0 fully saturated rings. The monoisotopic (exact) mass is 456 g/mol. The van der Waals surface area contributed by atoms with E-state index in [1.54, 1.807) is 24.3 Å². The summed E-state index contributed by atoms with van der Waals surface area (Å²) >= 11 is 1.20. The molecule has 0 bridgehead atoms. The van der Waals surface area contributed by atoms with Crippen molar-refractivity contribution in [2.75, 3.05) is 18.5 Å². The molecule has 0 radical (unpaired) electrons. The Bertz CT molecular complexity index is 1030. The van der Waals surface area contributed by atoms with E-state index in [9.17, 15) is 9.59 Å². The Balaban J connectivity index is 1.64. The Morgan fingerprint density at radius 2 is 1.75 bits per heavy atom. The first-order valence-corrected chi connectivity index (χ1v) is 11.5. The second-order valence-corrected chi connectivity index (χ2v) is 8.28. The van der Waals surface area contributed by atoms with E-state index < -0.39 is 0 Å². The second kappa shape index (κ2) is 11.4. The third kappa shape index (κ3) is 6.13. The normalized spacial score (nSPS) is 11.6. The first-order valence-electron chi connectivity index (χ1n) is 10.7. The highest BCUT2D eigenvalue weighted by Crippen LogP contribution is 2.31. The molecular formula is C24H28N2O5S. The maximum Gasteiger partial charge on any atom is 0.291 e. The van der Waals surface area contributed by atoms with Gasteiger partial charge in [-0.1, -0.05) is 19.9 Å². The van der Waals surface area contributed by atoms with Crippen LogP contribution in [0.4, 0.5) is 5.00 Å². The van der Waals surface area contributed by atoms with Gasteiger partial charge in [0, 0.05) is 0 Å². The maximum absolute atomic E-state index is 12.7. The van der Waals surface area contributed by atoms with E-state index in [0.717, 1.165) is 18.4 Å². The number of nitrogens with one attached hydrogen (secondary N) is 2. The minimum Gasteiger partial charge on any atom is -0.490 e. The van der Waals surface area contributed by atoms with Crippen molar-refractivity contribution in [1.29, 1.82) is 0 Å². The first kappa shape index (κ1) is 23.4. The number of thiophene rings is 1. The molecule has 170 valence electrons. The van der Waals surface area contributed by atoms with E-state index in [0.29, 0.717) is 34.6 Å². The SMILES string of the molecule is CCCOc1ccc(C(C)NC(=O)c2ccc(NC(=O)c3ccco3)s2)cc1OCCC. The van der Waals surface area contributed by atoms with Crippen LogP contribution in [-0.2, 0) is 0 Å². The molecule has 32 heavy (non-hydrogen) atoms. The summed E-state index contributed by atoms with van der Waals surface area (Å²) in [5.41, 5.74) is 0.913. The van der Waals surface area contributed by atoms with Crippen LogP contribution >= 0.6 is 11.3 Å². The van der Waals surface area contributed by atoms with Gasteiger partial charge < -0.3 is 24.5 Å². The first-order chi connectivity index (χ1) is 15.5. The molecule has 0 saturated carbocycles. The Kier molecular flexibility index (Phi) is 8.33. The number of hydrogen-bond acceptors (Lipinski definition) is 6. The van der Waals surface area contributed by atoms with E-state index in [2.05, 4.69) is 17.6 Å². The zero-order chi connectivity index (χ0) is 22.9. The van der Waals surface area contributed by atoms with E-state index in [1.165, 1.54) is 17.6 Å². The lowest BCUT2D eigenvalue weighted by Crippen LogP contribution is -2.25. The largest absolute Gasteiger partial charge is 0.490 e. The lowest BCUT2D eigenvalue weighted by atomic mass is 10.1. The molecule has 2 N–H and O–H groups in total. The van der Waals surface area contributed by atoms with Gasteiger partial charge in [0.1, 0.15) is 0 Å². The van der Waals surface area contributed by atoms with Gasteiger partial charge >= 0.3 is 0 Å². The van der Waals surface area contributed by atoms with Crippen LogP contribution in [0.5, 0.6) is 11.5 Å². The van der Waals surface area contributed by atoms with E-state index in [-0.39, 0.29) is 23.6 Å². The summed E-state index contributed by atoms with van der Waals surface area (Å²) in [4.78, 5) is 25.3. The van der Waals surface area contributed by atoms with Crippen molar-refractivity contribution < 1.29 is 23.5 Å². The molecule has 0 aliphatic rings. The quantitative estimate of drug-likeness (QED) is 0.388. The molecule has 0 spiro atoms. The molecule has 0 aliphatic heterocycles. The van der Waals surface area contributed by atoms with Gasteiger partial charge in [-0.15, -0.1) is 11.3 Å². The number of anilines is 1. The predicted molar refractivity (Wildman–Crippen MR) is 125 cm³/mol. The van der Waals surface area contributed by atoms with Gasteiger partial charge in [-0.2, -0.15) is 0 Å². The lowest BCUT2D eigenvalue weighted by molar-refractivity contribution is 0.0942. The van der Waals surface area contributed by atoms with Crippen LogP contribution in [-0.4, -0.2) is 25.0 Å². The van der Waals surface area contributed by atoms with Gasteiger partial charge in [-0.25, -0.2) is 0 Å². The number of furan rings is 1. The Morgan fingerprint density at radius 3 is 2.44 bits per heavy atom. The summed E-state index contributed by atoms with van der Waals surface area (Å²) in [6, 6.07) is 12.1. The minimum atomic E-state index is -0.359. The molecule has 3 aromatic rings. The lowest BCUT2D eigenvalue weighted by Gasteiger charge is -2.17. The molecule has 3 rings (SSSR count). The zero-order valence-corrected chi connectivity index (χ0v) is 19.3. The van der Waals surface area contributed by atoms with Crippen LogP contribution < -0.4 is 20.1 Å². The Morgan fingerprint density at radius 1 is 1.00 bits per heavy atom. The van der Waals surface area contributed by atoms with Crippen molar-refractivity contribution in [3.8, 4) is 11.5 Å². The summed E-state index contributed by atoms with van der Waals surface area (Å²) in [5, 5.41) is 6.29. The number of rotatable bonds is 11. The van der Waals surface area contributed by atoms with Gasteiger partial charge in [-0.3, -0.25) is 9.59 Å². The number of ether oxygens (including phenoxy) is 2. The summed E-state index contributed by atoms with van der Waals surface area (Å²) in [7, 11) is 0. The third-order valence-electron chi connectivity index (χ3n) is 4.55. The molecule has 1 atom stereocenters. The highest BCUT2D eigenvalue weighted by molar-refractivity contribution is 7.18. The van der Waals surface area contributed by atoms with Crippen LogP contribution in [0.25, 0.3) is 0 Å². The van der Waals surface area contributed by atoms with Crippen molar-refractivity contribution in [3.05, 3.63) is 64.9 Å². The van der Waals surface area contributed by atoms with Crippen LogP contribution in [0.15, 0.2) is 53.1 Å². The van der Waals surface area contributed by atoms with Crippen molar-refractivity contribution in [2.24, 2.45) is 0 Å². The van der Waals surface area contributed by atoms with Gasteiger partial charge in [-0.05, 0) is 61.7 Å². The molecule has 2 heterocycles. The van der Waals surface area contributed by atoms with E-state index in [4.69, 9.17) is 13.9 Å². The third-order valence-corrected chi connectivity index (χ3v) is 5.55. The van der Waals surface area contributed by atoms with Crippen molar-refractivity contribution in [2.45, 2.75) is 39.7 Å². The van der Waals surface area contributed by atoms with Crippen LogP contribution in [0.1, 0.15) is 65.4 Å². The Labute approximate surface area is 191 Å². The van der Waals surface area contributed by atoms with Crippen LogP contribution in [0, 0.1) is 0 Å². The topological polar surface area (TPSA) is 89.8 Å². The van der Waals surface area contributed by atoms with Crippen molar-refractivity contribution in [1.82, 2.24) is 5.32 Å². The summed E-state index contributed by atoms with van der Waals surface area (Å²) in [6.45, 7) is 7.22. The smallest absolute Gasteiger partial charge is 0.291 e. The van der Waals surface area contributed by atoms with Crippen LogP contribution in [0.2, 0.25) is 0 Å². The van der Waals surface area contributed by atoms with Gasteiger partial charge in [0.25, 0.3) is 11.8 Å². The van der Waals surface area contributed by atoms with Gasteiger partial charge in [0.15, 0.2) is 17.3 Å². The van der Waals surface area contributed by atoms with E-state index in [1.807, 2.05) is 32.0 Å². The molecule has 2 aromatic heterocycles. The molecule has 7 nitrogen and oxygen atoms in total. The average molecular weight is 457 g/mol. The molecule has 0 aliphatic carbocycles. The van der Waals surface area contributed by atoms with Crippen LogP contribution in [0.3, 0.4) is 0 Å². The highest BCUT2D eigenvalue weighted by atomic mass is 32.1. The zero-order valence-electron chi connectivity index (χ0n) is 18.5. The Hall–Kier alpha value is -3.26. The second-order valence-electron chi connectivity index (χ2n) is 7.19. The molecule has 1 unspecified atom stereocenters. The molecule has 2 amide bonds. The molecule has 1 aromatic carbocycles.